The van der Waals surface area contributed by atoms with Crippen LogP contribution in [0.5, 0.6) is 0 Å². The molecule has 0 spiro atoms. The number of hydrogen-bond donors (Lipinski definition) is 1. The summed E-state index contributed by atoms with van der Waals surface area (Å²) < 4.78 is 7.64. The lowest BCUT2D eigenvalue weighted by Crippen LogP contribution is -3.13. The summed E-state index contributed by atoms with van der Waals surface area (Å²) in [4.78, 5) is 4.00. The molecule has 2 aliphatic rings. The van der Waals surface area contributed by atoms with E-state index in [4.69, 9.17) is 4.74 Å². The Labute approximate surface area is 142 Å². The number of quaternary nitrogens is 1. The minimum atomic E-state index is 0.275. The maximum absolute atomic E-state index is 5.70. The maximum atomic E-state index is 5.70. The van der Waals surface area contributed by atoms with Crippen molar-refractivity contribution in [3.63, 3.8) is 0 Å². The Kier molecular flexibility index (Phi) is 4.71. The van der Waals surface area contributed by atoms with E-state index < -0.39 is 0 Å². The number of piperazine rings is 1. The van der Waals surface area contributed by atoms with Gasteiger partial charge in [-0.2, -0.15) is 0 Å². The lowest BCUT2D eigenvalue weighted by atomic mass is 10.2. The van der Waals surface area contributed by atoms with Crippen molar-refractivity contribution in [2.24, 2.45) is 0 Å². The molecular weight excluding hydrogens is 304 g/mol. The highest BCUT2D eigenvalue weighted by Gasteiger charge is 2.24. The second-order valence-corrected chi connectivity index (χ2v) is 6.66. The minimum Gasteiger partial charge on any atom is -0.376 e. The normalized spacial score (nSPS) is 22.2. The highest BCUT2D eigenvalue weighted by Crippen LogP contribution is 2.14. The molecule has 0 bridgehead atoms. The molecule has 1 aromatic carbocycles. The maximum Gasteiger partial charge on any atom is 0.206 e. The Morgan fingerprint density at radius 3 is 2.75 bits per heavy atom. The third kappa shape index (κ3) is 3.57. The van der Waals surface area contributed by atoms with Crippen molar-refractivity contribution in [1.29, 1.82) is 0 Å². The number of tetrazole rings is 1. The molecule has 0 aliphatic carbocycles. The summed E-state index contributed by atoms with van der Waals surface area (Å²) >= 11 is 0. The summed E-state index contributed by atoms with van der Waals surface area (Å²) in [7, 11) is 0. The SMILES string of the molecule is c1ccc(N2CC[NH+](Cc3nnnn3C[C@H]3CCCO3)CC2)cc1. The van der Waals surface area contributed by atoms with E-state index in [0.29, 0.717) is 0 Å². The van der Waals surface area contributed by atoms with Crippen LogP contribution >= 0.6 is 0 Å². The molecular formula is C17H25N6O+. The Morgan fingerprint density at radius 1 is 1.17 bits per heavy atom. The van der Waals surface area contributed by atoms with Gasteiger partial charge in [0.2, 0.25) is 5.82 Å². The van der Waals surface area contributed by atoms with Gasteiger partial charge < -0.3 is 14.5 Å². The number of ether oxygens (including phenoxy) is 1. The van der Waals surface area contributed by atoms with Crippen LogP contribution in [0.25, 0.3) is 0 Å². The molecule has 2 aromatic rings. The number of para-hydroxylation sites is 1. The fraction of sp³-hybridized carbons (Fsp3) is 0.588. The standard InChI is InChI=1S/C17H24N6O/c1-2-5-15(6-3-1)22-10-8-21(9-11-22)14-17-18-19-20-23(17)13-16-7-4-12-24-16/h1-3,5-6,16H,4,7-14H2/p+1/t16-/m1/s1. The largest absolute Gasteiger partial charge is 0.376 e. The van der Waals surface area contributed by atoms with Crippen LogP contribution < -0.4 is 9.80 Å². The number of nitrogens with one attached hydrogen (secondary N) is 1. The van der Waals surface area contributed by atoms with Crippen molar-refractivity contribution in [3.05, 3.63) is 36.2 Å². The van der Waals surface area contributed by atoms with Gasteiger partial charge in [-0.05, 0) is 35.4 Å². The van der Waals surface area contributed by atoms with E-state index in [1.807, 2.05) is 4.68 Å². The molecule has 0 radical (unpaired) electrons. The number of rotatable bonds is 5. The molecule has 24 heavy (non-hydrogen) atoms. The number of anilines is 1. The van der Waals surface area contributed by atoms with Gasteiger partial charge in [-0.1, -0.05) is 18.2 Å². The molecule has 7 heteroatoms. The fourth-order valence-electron chi connectivity index (χ4n) is 3.59. The van der Waals surface area contributed by atoms with Crippen LogP contribution in [0.3, 0.4) is 0 Å². The van der Waals surface area contributed by atoms with Crippen LogP contribution in [0, 0.1) is 0 Å². The van der Waals surface area contributed by atoms with Crippen LogP contribution in [-0.4, -0.2) is 59.1 Å². The van der Waals surface area contributed by atoms with Crippen molar-refractivity contribution < 1.29 is 9.64 Å². The van der Waals surface area contributed by atoms with Crippen LogP contribution in [0.2, 0.25) is 0 Å². The van der Waals surface area contributed by atoms with E-state index in [0.717, 1.165) is 64.5 Å². The van der Waals surface area contributed by atoms with E-state index in [1.165, 1.54) is 5.69 Å². The van der Waals surface area contributed by atoms with Gasteiger partial charge in [0.15, 0.2) is 0 Å². The van der Waals surface area contributed by atoms with E-state index in [1.54, 1.807) is 4.90 Å². The van der Waals surface area contributed by atoms with Gasteiger partial charge in [0.05, 0.1) is 38.8 Å². The van der Waals surface area contributed by atoms with Gasteiger partial charge >= 0.3 is 0 Å². The van der Waals surface area contributed by atoms with Gasteiger partial charge in [-0.25, -0.2) is 4.68 Å². The van der Waals surface area contributed by atoms with E-state index in [-0.39, 0.29) is 6.10 Å². The first-order valence-electron chi connectivity index (χ1n) is 8.89. The van der Waals surface area contributed by atoms with E-state index >= 15 is 0 Å². The highest BCUT2D eigenvalue weighted by molar-refractivity contribution is 5.45. The third-order valence-corrected chi connectivity index (χ3v) is 5.01. The molecule has 7 nitrogen and oxygen atoms in total. The molecule has 1 atom stereocenters. The lowest BCUT2D eigenvalue weighted by molar-refractivity contribution is -0.915. The van der Waals surface area contributed by atoms with Gasteiger partial charge in [0, 0.05) is 12.3 Å². The summed E-state index contributed by atoms with van der Waals surface area (Å²) in [6.45, 7) is 6.92. The molecule has 0 amide bonds. The number of benzene rings is 1. The average Bonchev–Trinajstić information content (AvgIpc) is 3.29. The van der Waals surface area contributed by atoms with Gasteiger partial charge in [-0.15, -0.1) is 5.10 Å². The molecule has 0 saturated carbocycles. The summed E-state index contributed by atoms with van der Waals surface area (Å²) in [5, 5.41) is 12.3. The number of nitrogens with zero attached hydrogens (tertiary/aromatic N) is 5. The topological polar surface area (TPSA) is 60.5 Å². The zero-order valence-electron chi connectivity index (χ0n) is 14.0. The molecule has 3 heterocycles. The van der Waals surface area contributed by atoms with Crippen LogP contribution in [0.4, 0.5) is 5.69 Å². The summed E-state index contributed by atoms with van der Waals surface area (Å²) in [5.41, 5.74) is 1.32. The van der Waals surface area contributed by atoms with Crippen molar-refractivity contribution in [2.75, 3.05) is 37.7 Å². The molecule has 2 aliphatic heterocycles. The molecule has 0 unspecified atom stereocenters. The van der Waals surface area contributed by atoms with Gasteiger partial charge in [0.25, 0.3) is 0 Å². The highest BCUT2D eigenvalue weighted by atomic mass is 16.5. The molecule has 1 aromatic heterocycles. The zero-order chi connectivity index (χ0) is 16.2. The van der Waals surface area contributed by atoms with Crippen molar-refractivity contribution in [3.8, 4) is 0 Å². The number of aromatic nitrogens is 4. The van der Waals surface area contributed by atoms with Crippen molar-refractivity contribution in [2.45, 2.75) is 32.0 Å². The van der Waals surface area contributed by atoms with Crippen LogP contribution in [0.15, 0.2) is 30.3 Å². The first-order chi connectivity index (χ1) is 11.9. The summed E-state index contributed by atoms with van der Waals surface area (Å²) in [6, 6.07) is 10.7. The lowest BCUT2D eigenvalue weighted by Gasteiger charge is -2.33. The third-order valence-electron chi connectivity index (χ3n) is 5.01. The second kappa shape index (κ2) is 7.27. The first-order valence-corrected chi connectivity index (χ1v) is 8.89. The summed E-state index contributed by atoms with van der Waals surface area (Å²) in [6.07, 6.45) is 2.54. The first kappa shape index (κ1) is 15.5. The van der Waals surface area contributed by atoms with E-state index in [2.05, 4.69) is 50.8 Å². The Morgan fingerprint density at radius 2 is 2.00 bits per heavy atom. The fourth-order valence-corrected chi connectivity index (χ4v) is 3.59. The quantitative estimate of drug-likeness (QED) is 0.820. The summed E-state index contributed by atoms with van der Waals surface area (Å²) in [5.74, 6) is 0.980. The monoisotopic (exact) mass is 329 g/mol. The number of hydrogen-bond acceptors (Lipinski definition) is 5. The zero-order valence-corrected chi connectivity index (χ0v) is 14.0. The predicted octanol–water partition coefficient (Wildman–Crippen LogP) is -0.243. The average molecular weight is 329 g/mol. The predicted molar refractivity (Wildman–Crippen MR) is 89.8 cm³/mol. The van der Waals surface area contributed by atoms with Gasteiger partial charge in [-0.3, -0.25) is 0 Å². The molecule has 128 valence electrons. The Balaban J connectivity index is 1.32. The smallest absolute Gasteiger partial charge is 0.206 e. The minimum absolute atomic E-state index is 0.275. The van der Waals surface area contributed by atoms with E-state index in [9.17, 15) is 0 Å². The van der Waals surface area contributed by atoms with Crippen LogP contribution in [-0.2, 0) is 17.8 Å². The molecule has 4 rings (SSSR count). The molecule has 2 saturated heterocycles. The van der Waals surface area contributed by atoms with Crippen molar-refractivity contribution >= 4 is 5.69 Å². The molecule has 1 N–H and O–H groups in total. The Hall–Kier alpha value is -1.99. The molecule has 2 fully saturated rings. The van der Waals surface area contributed by atoms with Crippen LogP contribution in [0.1, 0.15) is 18.7 Å². The second-order valence-electron chi connectivity index (χ2n) is 6.66. The Bertz CT molecular complexity index is 632. The van der Waals surface area contributed by atoms with Crippen molar-refractivity contribution in [1.82, 2.24) is 20.2 Å². The van der Waals surface area contributed by atoms with Gasteiger partial charge in [0.1, 0.15) is 6.54 Å².